The molecule has 0 saturated carbocycles. The van der Waals surface area contributed by atoms with Gasteiger partial charge in [0.05, 0.1) is 22.3 Å². The first-order chi connectivity index (χ1) is 29.4. The first-order valence-electron chi connectivity index (χ1n) is 20.2. The number of rotatable bonds is 7. The summed E-state index contributed by atoms with van der Waals surface area (Å²) < 4.78 is 8.70. The van der Waals surface area contributed by atoms with E-state index in [0.717, 1.165) is 88.5 Å². The fourth-order valence-electron chi connectivity index (χ4n) is 8.67. The number of furan rings is 1. The fourth-order valence-corrected chi connectivity index (χ4v) is 8.67. The van der Waals surface area contributed by atoms with Gasteiger partial charge in [-0.1, -0.05) is 152 Å². The molecule has 296 valence electrons. The predicted octanol–water partition coefficient (Wildman–Crippen LogP) is 14.0. The van der Waals surface area contributed by atoms with Crippen molar-refractivity contribution >= 4 is 43.7 Å². The molecule has 5 nitrogen and oxygen atoms in total. The maximum atomic E-state index is 11.3. The van der Waals surface area contributed by atoms with Gasteiger partial charge >= 0.3 is 0 Å². The van der Waals surface area contributed by atoms with Crippen LogP contribution in [0.5, 0.6) is 5.75 Å². The molecule has 0 aliphatic rings. The first-order valence-corrected chi connectivity index (χ1v) is 20.2. The molecule has 3 heterocycles. The average Bonchev–Trinajstić information content (AvgIpc) is 3.86. The zero-order chi connectivity index (χ0) is 40.4. The Morgan fingerprint density at radius 1 is 0.574 bits per heavy atom. The zero-order valence-corrected chi connectivity index (χ0v) is 35.7. The quantitative estimate of drug-likeness (QED) is 0.162. The van der Waals surface area contributed by atoms with Crippen molar-refractivity contribution in [1.82, 2.24) is 14.5 Å². The van der Waals surface area contributed by atoms with Gasteiger partial charge in [0, 0.05) is 54.7 Å². The molecule has 0 fully saturated rings. The van der Waals surface area contributed by atoms with E-state index < -0.39 is 0 Å². The molecule has 0 aliphatic heterocycles. The zero-order valence-electron chi connectivity index (χ0n) is 33.4. The number of benzene rings is 8. The van der Waals surface area contributed by atoms with Crippen LogP contribution in [0.4, 0.5) is 0 Å². The van der Waals surface area contributed by atoms with E-state index in [1.165, 1.54) is 5.56 Å². The summed E-state index contributed by atoms with van der Waals surface area (Å²) in [6.45, 7) is 4.52. The number of imidazole rings is 1. The van der Waals surface area contributed by atoms with Gasteiger partial charge in [-0.3, -0.25) is 9.55 Å². The number of aromatic nitrogens is 3. The second-order valence-electron chi connectivity index (χ2n) is 15.9. The molecule has 6 heteroatoms. The van der Waals surface area contributed by atoms with E-state index in [-0.39, 0.29) is 32.2 Å². The summed E-state index contributed by atoms with van der Waals surface area (Å²) >= 11 is 0. The van der Waals surface area contributed by atoms with Crippen LogP contribution in [0.15, 0.2) is 193 Å². The maximum absolute atomic E-state index is 11.3. The van der Waals surface area contributed by atoms with Gasteiger partial charge in [-0.2, -0.15) is 0 Å². The summed E-state index contributed by atoms with van der Waals surface area (Å²) in [7, 11) is 0. The van der Waals surface area contributed by atoms with Crippen LogP contribution in [0.3, 0.4) is 0 Å². The number of nitrogens with zero attached hydrogens (tertiary/aromatic N) is 3. The number of pyridine rings is 1. The monoisotopic (exact) mass is 967 g/mol. The normalized spacial score (nSPS) is 11.7. The van der Waals surface area contributed by atoms with Gasteiger partial charge in [-0.05, 0) is 64.4 Å². The van der Waals surface area contributed by atoms with Crippen molar-refractivity contribution in [3.05, 3.63) is 205 Å². The summed E-state index contributed by atoms with van der Waals surface area (Å²) in [5.41, 5.74) is 12.4. The van der Waals surface area contributed by atoms with Gasteiger partial charge in [0.15, 0.2) is 0 Å². The van der Waals surface area contributed by atoms with Crippen LogP contribution >= 0.6 is 0 Å². The van der Waals surface area contributed by atoms with Crippen LogP contribution in [-0.4, -0.2) is 19.6 Å². The second kappa shape index (κ2) is 15.2. The van der Waals surface area contributed by atoms with Crippen LogP contribution in [0.2, 0.25) is 0 Å². The molecule has 11 rings (SSSR count). The van der Waals surface area contributed by atoms with E-state index in [0.29, 0.717) is 11.4 Å². The SMILES string of the molecule is CC(C)(c1ccccc1)c1cc(-c2cc3oc4cc5ccccc5cc4c3cn2)[c-]c(-c2cccc3c2nc(-c2ccccc2O)n3-c2ccccc2-c2ccccc2)c1.[Pt]. The van der Waals surface area contributed by atoms with E-state index in [1.54, 1.807) is 6.07 Å². The van der Waals surface area contributed by atoms with Crippen molar-refractivity contribution in [3.63, 3.8) is 0 Å². The molecule has 0 amide bonds. The van der Waals surface area contributed by atoms with Gasteiger partial charge in [0.25, 0.3) is 0 Å². The third kappa shape index (κ3) is 6.54. The Balaban J connectivity index is 0.00000445. The summed E-state index contributed by atoms with van der Waals surface area (Å²) in [5, 5.41) is 15.6. The maximum Gasteiger partial charge on any atom is 0.148 e. The van der Waals surface area contributed by atoms with E-state index in [2.05, 4.69) is 170 Å². The Hall–Kier alpha value is -7.07. The second-order valence-corrected chi connectivity index (χ2v) is 15.9. The number of fused-ring (bicyclic) bond motifs is 5. The summed E-state index contributed by atoms with van der Waals surface area (Å²) in [6.07, 6.45) is 1.93. The largest absolute Gasteiger partial charge is 0.507 e. The van der Waals surface area contributed by atoms with Crippen LogP contribution < -0.4 is 0 Å². The molecule has 8 aromatic carbocycles. The molecule has 0 aliphatic carbocycles. The smallest absolute Gasteiger partial charge is 0.148 e. The first kappa shape index (κ1) is 38.2. The van der Waals surface area contributed by atoms with Gasteiger partial charge in [0.1, 0.15) is 22.7 Å². The number of para-hydroxylation sites is 3. The Labute approximate surface area is 367 Å². The fraction of sp³-hybridized carbons (Fsp3) is 0.0545. The summed E-state index contributed by atoms with van der Waals surface area (Å²) in [5.74, 6) is 0.804. The van der Waals surface area contributed by atoms with Crippen LogP contribution in [0.1, 0.15) is 25.0 Å². The molecule has 0 saturated heterocycles. The van der Waals surface area contributed by atoms with Crippen LogP contribution in [0, 0.1) is 6.07 Å². The third-order valence-electron chi connectivity index (χ3n) is 11.9. The van der Waals surface area contributed by atoms with Gasteiger partial charge in [-0.15, -0.1) is 29.3 Å². The number of aromatic hydroxyl groups is 1. The van der Waals surface area contributed by atoms with Crippen LogP contribution in [0.25, 0.3) is 94.3 Å². The molecule has 61 heavy (non-hydrogen) atoms. The Kier molecular flexibility index (Phi) is 9.50. The van der Waals surface area contributed by atoms with Crippen molar-refractivity contribution in [1.29, 1.82) is 0 Å². The van der Waals surface area contributed by atoms with Gasteiger partial charge in [0.2, 0.25) is 0 Å². The van der Waals surface area contributed by atoms with Crippen LogP contribution in [-0.2, 0) is 26.5 Å². The minimum atomic E-state index is -0.369. The van der Waals surface area contributed by atoms with E-state index in [4.69, 9.17) is 14.4 Å². The Morgan fingerprint density at radius 3 is 2.00 bits per heavy atom. The molecule has 3 aromatic heterocycles. The molecule has 0 bridgehead atoms. The Morgan fingerprint density at radius 2 is 1.21 bits per heavy atom. The number of phenolic OH excluding ortho intramolecular Hbond substituents is 1. The molecule has 0 unspecified atom stereocenters. The van der Waals surface area contributed by atoms with Crippen molar-refractivity contribution in [2.24, 2.45) is 0 Å². The molecule has 0 radical (unpaired) electrons. The molecular formula is C55H38N3O2Pt-. The number of hydrogen-bond donors (Lipinski definition) is 1. The predicted molar refractivity (Wildman–Crippen MR) is 244 cm³/mol. The summed E-state index contributed by atoms with van der Waals surface area (Å²) in [6, 6.07) is 66.0. The standard InChI is InChI=1S/C55H38N3O2.Pt/c1-55(2,40-20-7-4-8-21-40)41-29-38(28-39(30-41)47-33-52-46(34-56-47)45-31-36-18-9-10-19-37(36)32-51(45)60-52)43-24-15-26-49-53(43)57-54(44-23-12-14-27-50(44)59)58(49)48-25-13-11-22-42(48)35-16-5-3-6-17-35;/h3-27,29-34,59H,1-2H3;/q-1;. The van der Waals surface area contributed by atoms with E-state index in [1.807, 2.05) is 36.5 Å². The molecule has 0 spiro atoms. The van der Waals surface area contributed by atoms with Gasteiger partial charge < -0.3 is 9.52 Å². The average molecular weight is 968 g/mol. The minimum Gasteiger partial charge on any atom is -0.507 e. The van der Waals surface area contributed by atoms with E-state index in [9.17, 15) is 5.11 Å². The molecule has 11 aromatic rings. The Bertz CT molecular complexity index is 3420. The molecular weight excluding hydrogens is 930 g/mol. The van der Waals surface area contributed by atoms with Crippen molar-refractivity contribution in [2.45, 2.75) is 19.3 Å². The van der Waals surface area contributed by atoms with E-state index >= 15 is 0 Å². The summed E-state index contributed by atoms with van der Waals surface area (Å²) in [4.78, 5) is 10.5. The topological polar surface area (TPSA) is 64.1 Å². The van der Waals surface area contributed by atoms with Crippen molar-refractivity contribution in [2.75, 3.05) is 0 Å². The number of hydrogen-bond acceptors (Lipinski definition) is 4. The van der Waals surface area contributed by atoms with Gasteiger partial charge in [-0.25, -0.2) is 4.98 Å². The third-order valence-corrected chi connectivity index (χ3v) is 11.9. The van der Waals surface area contributed by atoms with Crippen molar-refractivity contribution < 1.29 is 30.6 Å². The molecule has 0 atom stereocenters. The number of phenols is 1. The van der Waals surface area contributed by atoms with Crippen molar-refractivity contribution in [3.8, 4) is 56.3 Å². The molecule has 1 N–H and O–H groups in total. The minimum absolute atomic E-state index is 0.